The van der Waals surface area contributed by atoms with E-state index in [9.17, 15) is 13.2 Å². The highest BCUT2D eigenvalue weighted by Gasteiger charge is 2.30. The smallest absolute Gasteiger partial charge is 0.406 e. The molecule has 0 aromatic heterocycles. The molecule has 1 unspecified atom stereocenters. The summed E-state index contributed by atoms with van der Waals surface area (Å²) in [5.41, 5.74) is 1.45. The van der Waals surface area contributed by atoms with Gasteiger partial charge in [-0.1, -0.05) is 28.1 Å². The molecule has 0 radical (unpaired) electrons. The predicted molar refractivity (Wildman–Crippen MR) is 80.2 cm³/mol. The van der Waals surface area contributed by atoms with Gasteiger partial charge in [-0.05, 0) is 48.9 Å². The SMILES string of the molecule is CC(N=Nc1ccc(Br)cc1)c1ccc(OC(F)(F)F)cc1. The Morgan fingerprint density at radius 2 is 1.59 bits per heavy atom. The highest BCUT2D eigenvalue weighted by Crippen LogP contribution is 2.26. The number of ether oxygens (including phenoxy) is 1. The van der Waals surface area contributed by atoms with Crippen molar-refractivity contribution in [3.63, 3.8) is 0 Å². The molecule has 2 aromatic rings. The van der Waals surface area contributed by atoms with Gasteiger partial charge in [0.15, 0.2) is 0 Å². The Labute approximate surface area is 134 Å². The lowest BCUT2D eigenvalue weighted by Crippen LogP contribution is -2.17. The molecule has 0 amide bonds. The van der Waals surface area contributed by atoms with Gasteiger partial charge in [-0.2, -0.15) is 10.2 Å². The van der Waals surface area contributed by atoms with Crippen LogP contribution in [0, 0.1) is 0 Å². The van der Waals surface area contributed by atoms with E-state index < -0.39 is 6.36 Å². The second-order valence-electron chi connectivity index (χ2n) is 4.48. The Balaban J connectivity index is 2.03. The molecule has 0 aliphatic carbocycles. The molecule has 0 fully saturated rings. The molecule has 2 rings (SSSR count). The van der Waals surface area contributed by atoms with Crippen LogP contribution in [0.4, 0.5) is 18.9 Å². The Morgan fingerprint density at radius 3 is 2.14 bits per heavy atom. The van der Waals surface area contributed by atoms with Crippen LogP contribution >= 0.6 is 15.9 Å². The van der Waals surface area contributed by atoms with E-state index in [4.69, 9.17) is 0 Å². The molecule has 2 aromatic carbocycles. The van der Waals surface area contributed by atoms with E-state index >= 15 is 0 Å². The summed E-state index contributed by atoms with van der Waals surface area (Å²) in [6.45, 7) is 1.81. The second kappa shape index (κ2) is 6.91. The van der Waals surface area contributed by atoms with Gasteiger partial charge in [0.05, 0.1) is 11.7 Å². The summed E-state index contributed by atoms with van der Waals surface area (Å²) >= 11 is 3.33. The maximum atomic E-state index is 12.1. The lowest BCUT2D eigenvalue weighted by Gasteiger charge is -2.10. The Hall–Kier alpha value is -1.89. The van der Waals surface area contributed by atoms with E-state index in [0.717, 1.165) is 10.0 Å². The van der Waals surface area contributed by atoms with Gasteiger partial charge in [0.25, 0.3) is 0 Å². The van der Waals surface area contributed by atoms with Crippen LogP contribution in [0.5, 0.6) is 5.75 Å². The fourth-order valence-corrected chi connectivity index (χ4v) is 1.94. The molecule has 116 valence electrons. The van der Waals surface area contributed by atoms with Gasteiger partial charge in [-0.25, -0.2) is 0 Å². The Kier molecular flexibility index (Phi) is 5.18. The third-order valence-corrected chi connectivity index (χ3v) is 3.30. The first kappa shape index (κ1) is 16.5. The first-order chi connectivity index (χ1) is 10.3. The average Bonchev–Trinajstić information content (AvgIpc) is 2.45. The van der Waals surface area contributed by atoms with Crippen molar-refractivity contribution in [2.75, 3.05) is 0 Å². The lowest BCUT2D eigenvalue weighted by molar-refractivity contribution is -0.274. The van der Waals surface area contributed by atoms with Gasteiger partial charge in [-0.3, -0.25) is 0 Å². The van der Waals surface area contributed by atoms with Crippen molar-refractivity contribution in [3.05, 3.63) is 58.6 Å². The van der Waals surface area contributed by atoms with Gasteiger partial charge in [0, 0.05) is 4.47 Å². The second-order valence-corrected chi connectivity index (χ2v) is 5.40. The van der Waals surface area contributed by atoms with E-state index in [-0.39, 0.29) is 11.8 Å². The summed E-state index contributed by atoms with van der Waals surface area (Å²) in [5.74, 6) is -0.256. The first-order valence-corrected chi connectivity index (χ1v) is 7.15. The molecule has 0 aliphatic heterocycles. The summed E-state index contributed by atoms with van der Waals surface area (Å²) in [7, 11) is 0. The maximum Gasteiger partial charge on any atom is 0.573 e. The zero-order valence-corrected chi connectivity index (χ0v) is 13.1. The minimum atomic E-state index is -4.69. The van der Waals surface area contributed by atoms with Crippen molar-refractivity contribution < 1.29 is 17.9 Å². The van der Waals surface area contributed by atoms with E-state index in [0.29, 0.717) is 5.69 Å². The quantitative estimate of drug-likeness (QED) is 0.588. The normalized spacial score (nSPS) is 13.3. The minimum Gasteiger partial charge on any atom is -0.406 e. The highest BCUT2D eigenvalue weighted by atomic mass is 79.9. The van der Waals surface area contributed by atoms with Crippen molar-refractivity contribution in [1.29, 1.82) is 0 Å². The highest BCUT2D eigenvalue weighted by molar-refractivity contribution is 9.10. The summed E-state index contributed by atoms with van der Waals surface area (Å²) in [6, 6.07) is 12.6. The van der Waals surface area contributed by atoms with Crippen LogP contribution in [0.1, 0.15) is 18.5 Å². The van der Waals surface area contributed by atoms with Gasteiger partial charge in [-0.15, -0.1) is 13.2 Å². The molecule has 0 saturated carbocycles. The number of nitrogens with zero attached hydrogens (tertiary/aromatic N) is 2. The van der Waals surface area contributed by atoms with Crippen molar-refractivity contribution in [3.8, 4) is 5.75 Å². The van der Waals surface area contributed by atoms with Crippen molar-refractivity contribution in [2.24, 2.45) is 10.2 Å². The molecule has 0 aliphatic rings. The third-order valence-electron chi connectivity index (χ3n) is 2.77. The number of halogens is 4. The summed E-state index contributed by atoms with van der Waals surface area (Å²) in [6.07, 6.45) is -4.69. The molecule has 7 heteroatoms. The molecule has 0 heterocycles. The number of rotatable bonds is 4. The molecular weight excluding hydrogens is 361 g/mol. The van der Waals surface area contributed by atoms with Crippen molar-refractivity contribution in [2.45, 2.75) is 19.3 Å². The monoisotopic (exact) mass is 372 g/mol. The molecular formula is C15H12BrF3N2O. The minimum absolute atomic E-state index is 0.256. The molecule has 3 nitrogen and oxygen atoms in total. The van der Waals surface area contributed by atoms with Gasteiger partial charge in [0.2, 0.25) is 0 Å². The molecule has 1 atom stereocenters. The Morgan fingerprint density at radius 1 is 1.00 bits per heavy atom. The average molecular weight is 373 g/mol. The standard InChI is InChI=1S/C15H12BrF3N2O/c1-10(20-21-13-6-4-12(16)5-7-13)11-2-8-14(9-3-11)22-15(17,18)19/h2-10H,1H3. The van der Waals surface area contributed by atoms with Gasteiger partial charge >= 0.3 is 6.36 Å². The van der Waals surface area contributed by atoms with E-state index in [1.54, 1.807) is 12.1 Å². The first-order valence-electron chi connectivity index (χ1n) is 6.35. The van der Waals surface area contributed by atoms with Gasteiger partial charge < -0.3 is 4.74 Å². The Bertz CT molecular complexity index is 639. The van der Waals surface area contributed by atoms with Crippen molar-refractivity contribution in [1.82, 2.24) is 0 Å². The molecule has 0 saturated heterocycles. The van der Waals surface area contributed by atoms with Crippen LogP contribution in [0.15, 0.2) is 63.2 Å². The number of hydrogen-bond acceptors (Lipinski definition) is 3. The van der Waals surface area contributed by atoms with Crippen LogP contribution in [0.3, 0.4) is 0 Å². The molecule has 0 N–H and O–H groups in total. The summed E-state index contributed by atoms with van der Waals surface area (Å²) in [5, 5.41) is 8.24. The van der Waals surface area contributed by atoms with E-state index in [2.05, 4.69) is 30.9 Å². The molecule has 22 heavy (non-hydrogen) atoms. The van der Waals surface area contributed by atoms with Crippen LogP contribution < -0.4 is 4.74 Å². The molecule has 0 spiro atoms. The topological polar surface area (TPSA) is 34.0 Å². The third kappa shape index (κ3) is 5.14. The fourth-order valence-electron chi connectivity index (χ4n) is 1.68. The lowest BCUT2D eigenvalue weighted by atomic mass is 10.1. The fraction of sp³-hybridized carbons (Fsp3) is 0.200. The van der Waals surface area contributed by atoms with Crippen LogP contribution in [0.25, 0.3) is 0 Å². The predicted octanol–water partition coefficient (Wildman–Crippen LogP) is 6.19. The van der Waals surface area contributed by atoms with Crippen molar-refractivity contribution >= 4 is 21.6 Å². The number of azo groups is 1. The van der Waals surface area contributed by atoms with Crippen LogP contribution in [-0.2, 0) is 0 Å². The maximum absolute atomic E-state index is 12.1. The number of hydrogen-bond donors (Lipinski definition) is 0. The van der Waals surface area contributed by atoms with Gasteiger partial charge in [0.1, 0.15) is 5.75 Å². The van der Waals surface area contributed by atoms with Crippen LogP contribution in [-0.4, -0.2) is 6.36 Å². The molecule has 0 bridgehead atoms. The zero-order chi connectivity index (χ0) is 16.2. The summed E-state index contributed by atoms with van der Waals surface area (Å²) in [4.78, 5) is 0. The van der Waals surface area contributed by atoms with Crippen LogP contribution in [0.2, 0.25) is 0 Å². The number of alkyl halides is 3. The van der Waals surface area contributed by atoms with E-state index in [1.165, 1.54) is 24.3 Å². The largest absolute Gasteiger partial charge is 0.573 e. The van der Waals surface area contributed by atoms with E-state index in [1.807, 2.05) is 19.1 Å². The number of benzene rings is 2. The zero-order valence-electron chi connectivity index (χ0n) is 11.5. The summed E-state index contributed by atoms with van der Waals surface area (Å²) < 4.78 is 41.0.